The van der Waals surface area contributed by atoms with Crippen LogP contribution in [0.3, 0.4) is 0 Å². The lowest BCUT2D eigenvalue weighted by Crippen LogP contribution is -2.33. The van der Waals surface area contributed by atoms with Gasteiger partial charge >= 0.3 is 0 Å². The Morgan fingerprint density at radius 1 is 1.44 bits per heavy atom. The minimum Gasteiger partial charge on any atom is -0.383 e. The van der Waals surface area contributed by atoms with Crippen LogP contribution in [0, 0.1) is 0 Å². The second kappa shape index (κ2) is 1.91. The first-order valence-electron chi connectivity index (χ1n) is 3.38. The highest BCUT2D eigenvalue weighted by atomic mass is 31.1. The molecule has 54 valence electrons. The highest BCUT2D eigenvalue weighted by Crippen LogP contribution is 2.68. The molecule has 0 aromatic rings. The van der Waals surface area contributed by atoms with Gasteiger partial charge in [0.25, 0.3) is 0 Å². The van der Waals surface area contributed by atoms with Crippen LogP contribution in [0.25, 0.3) is 0 Å². The van der Waals surface area contributed by atoms with Gasteiger partial charge < -0.3 is 10.8 Å². The highest BCUT2D eigenvalue weighted by molar-refractivity contribution is 7.51. The Hall–Kier alpha value is 0.350. The Morgan fingerprint density at radius 2 is 2.00 bits per heavy atom. The summed E-state index contributed by atoms with van der Waals surface area (Å²) in [6.45, 7) is 4.01. The van der Waals surface area contributed by atoms with Gasteiger partial charge in [0.05, 0.1) is 5.28 Å². The molecule has 1 rings (SSSR count). The van der Waals surface area contributed by atoms with Crippen LogP contribution in [0.5, 0.6) is 0 Å². The van der Waals surface area contributed by atoms with E-state index in [1.165, 1.54) is 0 Å². The van der Waals surface area contributed by atoms with Crippen molar-refractivity contribution in [1.29, 1.82) is 0 Å². The highest BCUT2D eigenvalue weighted by Gasteiger charge is 2.62. The summed E-state index contributed by atoms with van der Waals surface area (Å²) >= 11 is 0. The van der Waals surface area contributed by atoms with Crippen molar-refractivity contribution in [2.24, 2.45) is 5.73 Å². The fraction of sp³-hybridized carbons (Fsp3) is 1.00. The van der Waals surface area contributed by atoms with Crippen LogP contribution in [0.1, 0.15) is 26.7 Å². The lowest BCUT2D eigenvalue weighted by atomic mass is 10.1. The molecule has 3 unspecified atom stereocenters. The Bertz CT molecular complexity index is 116. The molecular formula is C6H14NOP. The van der Waals surface area contributed by atoms with Crippen molar-refractivity contribution in [3.8, 4) is 0 Å². The number of aliphatic hydroxyl groups is 1. The van der Waals surface area contributed by atoms with Crippen molar-refractivity contribution in [1.82, 2.24) is 0 Å². The molecule has 0 radical (unpaired) electrons. The average Bonchev–Trinajstić information content (AvgIpc) is 2.39. The molecule has 1 heterocycles. The molecular weight excluding hydrogens is 133 g/mol. The molecule has 1 aliphatic rings. The SMILES string of the molecule is CCC1(N)PC1(O)CC. The van der Waals surface area contributed by atoms with E-state index in [1.807, 2.05) is 13.8 Å². The number of nitrogens with two attached hydrogens (primary N) is 1. The third kappa shape index (κ3) is 0.899. The summed E-state index contributed by atoms with van der Waals surface area (Å²) in [5.41, 5.74) is 5.80. The second-order valence-corrected chi connectivity index (χ2v) is 4.63. The minimum atomic E-state index is -0.498. The summed E-state index contributed by atoms with van der Waals surface area (Å²) in [5.74, 6) is 0. The van der Waals surface area contributed by atoms with Gasteiger partial charge in [-0.3, -0.25) is 0 Å². The molecule has 1 saturated heterocycles. The first kappa shape index (κ1) is 7.46. The van der Waals surface area contributed by atoms with E-state index in [-0.39, 0.29) is 5.28 Å². The largest absolute Gasteiger partial charge is 0.383 e. The average molecular weight is 147 g/mol. The van der Waals surface area contributed by atoms with Gasteiger partial charge in [-0.2, -0.15) is 0 Å². The zero-order valence-electron chi connectivity index (χ0n) is 5.94. The normalized spacial score (nSPS) is 52.0. The van der Waals surface area contributed by atoms with Crippen LogP contribution in [0.2, 0.25) is 0 Å². The third-order valence-corrected chi connectivity index (χ3v) is 4.35. The van der Waals surface area contributed by atoms with E-state index >= 15 is 0 Å². The molecule has 3 atom stereocenters. The fourth-order valence-corrected chi connectivity index (χ4v) is 2.51. The summed E-state index contributed by atoms with van der Waals surface area (Å²) in [4.78, 5) is 0. The Morgan fingerprint density at radius 3 is 2.11 bits per heavy atom. The van der Waals surface area contributed by atoms with Gasteiger partial charge in [-0.15, -0.1) is 0 Å². The predicted molar refractivity (Wildman–Crippen MR) is 40.8 cm³/mol. The third-order valence-electron chi connectivity index (χ3n) is 2.17. The van der Waals surface area contributed by atoms with Gasteiger partial charge in [-0.05, 0) is 12.8 Å². The molecule has 3 heteroatoms. The summed E-state index contributed by atoms with van der Waals surface area (Å²) < 4.78 is 0. The summed E-state index contributed by atoms with van der Waals surface area (Å²) in [6.07, 6.45) is 1.70. The maximum Gasteiger partial charge on any atom is 0.104 e. The van der Waals surface area contributed by atoms with E-state index < -0.39 is 5.34 Å². The molecule has 1 fully saturated rings. The molecule has 0 aromatic carbocycles. The Balaban J connectivity index is 2.54. The lowest BCUT2D eigenvalue weighted by Gasteiger charge is -2.11. The van der Waals surface area contributed by atoms with E-state index in [0.717, 1.165) is 12.8 Å². The maximum atomic E-state index is 9.54. The van der Waals surface area contributed by atoms with Crippen molar-refractivity contribution < 1.29 is 5.11 Å². The quantitative estimate of drug-likeness (QED) is 0.568. The van der Waals surface area contributed by atoms with Crippen molar-refractivity contribution in [3.63, 3.8) is 0 Å². The Kier molecular flexibility index (Phi) is 1.59. The molecule has 0 aromatic heterocycles. The molecule has 3 N–H and O–H groups in total. The lowest BCUT2D eigenvalue weighted by molar-refractivity contribution is 0.132. The van der Waals surface area contributed by atoms with Crippen LogP contribution in [0.4, 0.5) is 0 Å². The molecule has 0 spiro atoms. The topological polar surface area (TPSA) is 46.2 Å². The summed E-state index contributed by atoms with van der Waals surface area (Å²) in [5, 5.41) is 8.83. The van der Waals surface area contributed by atoms with E-state index in [1.54, 1.807) is 0 Å². The van der Waals surface area contributed by atoms with Gasteiger partial charge in [0.2, 0.25) is 0 Å². The van der Waals surface area contributed by atoms with Gasteiger partial charge in [-0.1, -0.05) is 22.4 Å². The minimum absolute atomic E-state index is 0.220. The van der Waals surface area contributed by atoms with Gasteiger partial charge in [0.15, 0.2) is 0 Å². The van der Waals surface area contributed by atoms with E-state index in [0.29, 0.717) is 8.58 Å². The monoisotopic (exact) mass is 147 g/mol. The molecule has 2 nitrogen and oxygen atoms in total. The van der Waals surface area contributed by atoms with Gasteiger partial charge in [-0.25, -0.2) is 0 Å². The molecule has 1 aliphatic heterocycles. The van der Waals surface area contributed by atoms with Crippen LogP contribution in [0.15, 0.2) is 0 Å². The molecule has 0 amide bonds. The Labute approximate surface area is 57.6 Å². The van der Waals surface area contributed by atoms with E-state index in [2.05, 4.69) is 0 Å². The van der Waals surface area contributed by atoms with Crippen LogP contribution in [-0.2, 0) is 0 Å². The van der Waals surface area contributed by atoms with Crippen molar-refractivity contribution in [2.75, 3.05) is 0 Å². The summed E-state index contributed by atoms with van der Waals surface area (Å²) in [7, 11) is 0.555. The molecule has 9 heavy (non-hydrogen) atoms. The second-order valence-electron chi connectivity index (χ2n) is 2.66. The number of rotatable bonds is 2. The summed E-state index contributed by atoms with van der Waals surface area (Å²) in [6, 6.07) is 0. The first-order chi connectivity index (χ1) is 4.08. The molecule has 0 saturated carbocycles. The van der Waals surface area contributed by atoms with Crippen molar-refractivity contribution in [2.45, 2.75) is 37.3 Å². The molecule has 0 bridgehead atoms. The standard InChI is InChI=1S/C6H14NOP/c1-3-5(7)6(8,4-2)9-5/h8-9H,3-4,7H2,1-2H3. The van der Waals surface area contributed by atoms with Crippen LogP contribution >= 0.6 is 8.58 Å². The van der Waals surface area contributed by atoms with Gasteiger partial charge in [0.1, 0.15) is 5.34 Å². The smallest absolute Gasteiger partial charge is 0.104 e. The van der Waals surface area contributed by atoms with Gasteiger partial charge in [0, 0.05) is 0 Å². The first-order valence-corrected chi connectivity index (χ1v) is 4.38. The van der Waals surface area contributed by atoms with Crippen molar-refractivity contribution >= 4 is 8.58 Å². The van der Waals surface area contributed by atoms with Crippen molar-refractivity contribution in [3.05, 3.63) is 0 Å². The van der Waals surface area contributed by atoms with Crippen LogP contribution in [-0.4, -0.2) is 15.7 Å². The van der Waals surface area contributed by atoms with Crippen LogP contribution < -0.4 is 5.73 Å². The predicted octanol–water partition coefficient (Wildman–Crippen LogP) is 0.842. The zero-order valence-corrected chi connectivity index (χ0v) is 6.94. The van der Waals surface area contributed by atoms with E-state index in [9.17, 15) is 5.11 Å². The maximum absolute atomic E-state index is 9.54. The van der Waals surface area contributed by atoms with E-state index in [4.69, 9.17) is 5.73 Å². The molecule has 0 aliphatic carbocycles. The zero-order chi connectivity index (χ0) is 7.12. The number of hydrogen-bond donors (Lipinski definition) is 2. The number of hydrogen-bond acceptors (Lipinski definition) is 2. The fourth-order valence-electron chi connectivity index (χ4n) is 1.12.